The average Bonchev–Trinajstić information content (AvgIpc) is 2.55. The van der Waals surface area contributed by atoms with Gasteiger partial charge in [0.25, 0.3) is 0 Å². The second kappa shape index (κ2) is 6.06. The topological polar surface area (TPSA) is 93.5 Å². The molecule has 0 unspecified atom stereocenters. The Morgan fingerprint density at radius 2 is 2.09 bits per heavy atom. The summed E-state index contributed by atoms with van der Waals surface area (Å²) in [5.41, 5.74) is 7.94. The van der Waals surface area contributed by atoms with E-state index in [0.717, 1.165) is 16.9 Å². The maximum Gasteiger partial charge on any atom is 0.232 e. The zero-order valence-electron chi connectivity index (χ0n) is 12.5. The molecule has 2 aliphatic rings. The Kier molecular flexibility index (Phi) is 4.13. The van der Waals surface area contributed by atoms with E-state index in [0.29, 0.717) is 45.4 Å². The highest BCUT2D eigenvalue weighted by Gasteiger charge is 2.38. The van der Waals surface area contributed by atoms with Gasteiger partial charge < -0.3 is 21.1 Å². The van der Waals surface area contributed by atoms with Crippen molar-refractivity contribution >= 4 is 23.2 Å². The first kappa shape index (κ1) is 15.0. The van der Waals surface area contributed by atoms with Crippen LogP contribution in [0.3, 0.4) is 0 Å². The van der Waals surface area contributed by atoms with Crippen LogP contribution in [-0.4, -0.2) is 31.6 Å². The molecule has 1 aromatic rings. The van der Waals surface area contributed by atoms with E-state index in [1.807, 2.05) is 18.2 Å². The summed E-state index contributed by atoms with van der Waals surface area (Å²) in [5, 5.41) is 5.81. The van der Waals surface area contributed by atoms with Crippen LogP contribution in [-0.2, 0) is 20.7 Å². The van der Waals surface area contributed by atoms with Crippen LogP contribution in [0.25, 0.3) is 0 Å². The Labute approximate surface area is 129 Å². The summed E-state index contributed by atoms with van der Waals surface area (Å²) in [6, 6.07) is 5.57. The molecular weight excluding hydrogens is 282 g/mol. The van der Waals surface area contributed by atoms with Crippen LogP contribution in [0, 0.1) is 5.41 Å². The molecule has 3 rings (SSSR count). The standard InChI is InChI=1S/C16H21N3O3/c17-10-16(5-7-22-8-6-16)15(21)18-12-2-3-13-11(9-12)1-4-14(20)19-13/h2-3,9H,1,4-8,10,17H2,(H,18,21)(H,19,20). The molecule has 22 heavy (non-hydrogen) atoms. The maximum atomic E-state index is 12.6. The van der Waals surface area contributed by atoms with Gasteiger partial charge in [-0.05, 0) is 43.0 Å². The molecule has 118 valence electrons. The first-order valence-electron chi connectivity index (χ1n) is 7.65. The number of ether oxygens (including phenoxy) is 1. The van der Waals surface area contributed by atoms with Crippen molar-refractivity contribution in [1.82, 2.24) is 0 Å². The van der Waals surface area contributed by atoms with Crippen LogP contribution in [0.15, 0.2) is 18.2 Å². The van der Waals surface area contributed by atoms with E-state index in [-0.39, 0.29) is 11.8 Å². The van der Waals surface area contributed by atoms with Gasteiger partial charge >= 0.3 is 0 Å². The van der Waals surface area contributed by atoms with Gasteiger partial charge in [-0.2, -0.15) is 0 Å². The quantitative estimate of drug-likeness (QED) is 0.784. The molecular formula is C16H21N3O3. The van der Waals surface area contributed by atoms with Gasteiger partial charge in [-0.15, -0.1) is 0 Å². The fourth-order valence-electron chi connectivity index (χ4n) is 3.01. The smallest absolute Gasteiger partial charge is 0.232 e. The summed E-state index contributed by atoms with van der Waals surface area (Å²) < 4.78 is 5.34. The van der Waals surface area contributed by atoms with Crippen LogP contribution in [0.5, 0.6) is 0 Å². The van der Waals surface area contributed by atoms with E-state index >= 15 is 0 Å². The first-order chi connectivity index (χ1) is 10.6. The zero-order chi connectivity index (χ0) is 15.6. The molecule has 0 aromatic heterocycles. The number of benzene rings is 1. The Morgan fingerprint density at radius 3 is 2.82 bits per heavy atom. The lowest BCUT2D eigenvalue weighted by atomic mass is 9.79. The minimum Gasteiger partial charge on any atom is -0.381 e. The SMILES string of the molecule is NCC1(C(=O)Nc2ccc3c(c2)CCC(=O)N3)CCOCC1. The summed E-state index contributed by atoms with van der Waals surface area (Å²) in [7, 11) is 0. The van der Waals surface area contributed by atoms with Gasteiger partial charge in [-0.3, -0.25) is 9.59 Å². The number of carbonyl (C=O) groups is 2. The molecule has 0 spiro atoms. The lowest BCUT2D eigenvalue weighted by Crippen LogP contribution is -2.46. The monoisotopic (exact) mass is 303 g/mol. The van der Waals surface area contributed by atoms with E-state index in [1.54, 1.807) is 0 Å². The van der Waals surface area contributed by atoms with Gasteiger partial charge in [-0.25, -0.2) is 0 Å². The van der Waals surface area contributed by atoms with Gasteiger partial charge in [0.2, 0.25) is 11.8 Å². The summed E-state index contributed by atoms with van der Waals surface area (Å²) in [5.74, 6) is -0.00771. The molecule has 0 atom stereocenters. The number of aryl methyl sites for hydroxylation is 1. The fourth-order valence-corrected chi connectivity index (χ4v) is 3.01. The van der Waals surface area contributed by atoms with Crippen molar-refractivity contribution in [3.63, 3.8) is 0 Å². The molecule has 6 nitrogen and oxygen atoms in total. The number of anilines is 2. The minimum atomic E-state index is -0.539. The van der Waals surface area contributed by atoms with Crippen molar-refractivity contribution in [3.05, 3.63) is 23.8 Å². The number of nitrogens with one attached hydrogen (secondary N) is 2. The summed E-state index contributed by atoms with van der Waals surface area (Å²) in [4.78, 5) is 24.0. The second-order valence-corrected chi connectivity index (χ2v) is 5.97. The third-order valence-electron chi connectivity index (χ3n) is 4.58. The normalized spacial score (nSPS) is 20.0. The minimum absolute atomic E-state index is 0.0357. The molecule has 0 radical (unpaired) electrons. The van der Waals surface area contributed by atoms with Crippen molar-refractivity contribution in [2.75, 3.05) is 30.4 Å². The highest BCUT2D eigenvalue weighted by molar-refractivity contribution is 5.97. The van der Waals surface area contributed by atoms with E-state index < -0.39 is 5.41 Å². The summed E-state index contributed by atoms with van der Waals surface area (Å²) >= 11 is 0. The molecule has 1 saturated heterocycles. The number of rotatable bonds is 3. The lowest BCUT2D eigenvalue weighted by Gasteiger charge is -2.34. The molecule has 0 saturated carbocycles. The van der Waals surface area contributed by atoms with Gasteiger partial charge in [0, 0.05) is 37.6 Å². The van der Waals surface area contributed by atoms with E-state index in [4.69, 9.17) is 10.5 Å². The third kappa shape index (κ3) is 2.84. The number of carbonyl (C=O) groups excluding carboxylic acids is 2. The van der Waals surface area contributed by atoms with Crippen LogP contribution < -0.4 is 16.4 Å². The number of hydrogen-bond donors (Lipinski definition) is 3. The first-order valence-corrected chi connectivity index (χ1v) is 7.65. The van der Waals surface area contributed by atoms with Crippen LogP contribution in [0.2, 0.25) is 0 Å². The predicted octanol–water partition coefficient (Wildman–Crippen LogP) is 1.27. The van der Waals surface area contributed by atoms with Gasteiger partial charge in [0.05, 0.1) is 5.41 Å². The van der Waals surface area contributed by atoms with Crippen molar-refractivity contribution in [2.45, 2.75) is 25.7 Å². The molecule has 2 aliphatic heterocycles. The number of amides is 2. The molecule has 0 bridgehead atoms. The van der Waals surface area contributed by atoms with E-state index in [1.165, 1.54) is 0 Å². The lowest BCUT2D eigenvalue weighted by molar-refractivity contribution is -0.130. The largest absolute Gasteiger partial charge is 0.381 e. The van der Waals surface area contributed by atoms with Gasteiger partial charge in [-0.1, -0.05) is 0 Å². The molecule has 2 amide bonds. The molecule has 6 heteroatoms. The van der Waals surface area contributed by atoms with Gasteiger partial charge in [0.1, 0.15) is 0 Å². The molecule has 1 fully saturated rings. The molecule has 1 aromatic carbocycles. The number of nitrogens with two attached hydrogens (primary N) is 1. The van der Waals surface area contributed by atoms with Crippen molar-refractivity contribution in [2.24, 2.45) is 11.1 Å². The van der Waals surface area contributed by atoms with E-state index in [2.05, 4.69) is 10.6 Å². The zero-order valence-corrected chi connectivity index (χ0v) is 12.5. The highest BCUT2D eigenvalue weighted by Crippen LogP contribution is 2.32. The second-order valence-electron chi connectivity index (χ2n) is 5.97. The van der Waals surface area contributed by atoms with Crippen molar-refractivity contribution in [1.29, 1.82) is 0 Å². The Hall–Kier alpha value is -1.92. The van der Waals surface area contributed by atoms with Gasteiger partial charge in [0.15, 0.2) is 0 Å². The highest BCUT2D eigenvalue weighted by atomic mass is 16.5. The fraction of sp³-hybridized carbons (Fsp3) is 0.500. The van der Waals surface area contributed by atoms with Crippen LogP contribution in [0.1, 0.15) is 24.8 Å². The molecule has 2 heterocycles. The summed E-state index contributed by atoms with van der Waals surface area (Å²) in [6.07, 6.45) is 2.47. The Balaban J connectivity index is 1.75. The third-order valence-corrected chi connectivity index (χ3v) is 4.58. The number of hydrogen-bond acceptors (Lipinski definition) is 4. The summed E-state index contributed by atoms with van der Waals surface area (Å²) in [6.45, 7) is 1.46. The van der Waals surface area contributed by atoms with Crippen LogP contribution in [0.4, 0.5) is 11.4 Å². The van der Waals surface area contributed by atoms with Crippen molar-refractivity contribution in [3.8, 4) is 0 Å². The number of fused-ring (bicyclic) bond motifs is 1. The van der Waals surface area contributed by atoms with Crippen LogP contribution >= 0.6 is 0 Å². The average molecular weight is 303 g/mol. The predicted molar refractivity (Wildman–Crippen MR) is 83.6 cm³/mol. The maximum absolute atomic E-state index is 12.6. The molecule has 0 aliphatic carbocycles. The Morgan fingerprint density at radius 1 is 1.32 bits per heavy atom. The van der Waals surface area contributed by atoms with Crippen molar-refractivity contribution < 1.29 is 14.3 Å². The molecule has 4 N–H and O–H groups in total. The Bertz CT molecular complexity index is 594. The van der Waals surface area contributed by atoms with E-state index in [9.17, 15) is 9.59 Å².